The molecule has 5 nitrogen and oxygen atoms in total. The van der Waals surface area contributed by atoms with E-state index in [2.05, 4.69) is 10.6 Å². The summed E-state index contributed by atoms with van der Waals surface area (Å²) in [7, 11) is 0. The molecular formula is C22H15Cl3F3N3O2. The third kappa shape index (κ3) is 4.63. The summed E-state index contributed by atoms with van der Waals surface area (Å²) < 4.78 is 37.5. The Morgan fingerprint density at radius 3 is 2.42 bits per heavy atom. The number of benzene rings is 2. The molecule has 0 bridgehead atoms. The lowest BCUT2D eigenvalue weighted by atomic mass is 10.1. The monoisotopic (exact) mass is 515 g/mol. The minimum Gasteiger partial charge on any atom is -0.334 e. The van der Waals surface area contributed by atoms with Crippen LogP contribution in [0.25, 0.3) is 0 Å². The van der Waals surface area contributed by atoms with E-state index in [9.17, 15) is 22.8 Å². The zero-order valence-corrected chi connectivity index (χ0v) is 18.9. The van der Waals surface area contributed by atoms with Crippen molar-refractivity contribution >= 4 is 52.3 Å². The Bertz CT molecular complexity index is 1190. The van der Waals surface area contributed by atoms with Crippen LogP contribution in [0.5, 0.6) is 0 Å². The lowest BCUT2D eigenvalue weighted by Gasteiger charge is -2.12. The topological polar surface area (TPSA) is 82.0 Å². The Morgan fingerprint density at radius 1 is 1.12 bits per heavy atom. The molecule has 0 radical (unpaired) electrons. The van der Waals surface area contributed by atoms with Gasteiger partial charge in [0.25, 0.3) is 5.91 Å². The predicted molar refractivity (Wildman–Crippen MR) is 117 cm³/mol. The number of nitrogens with zero attached hydrogens (tertiary/aromatic N) is 1. The summed E-state index contributed by atoms with van der Waals surface area (Å²) in [6.45, 7) is 0. The van der Waals surface area contributed by atoms with E-state index in [4.69, 9.17) is 40.1 Å². The third-order valence-corrected chi connectivity index (χ3v) is 6.97. The van der Waals surface area contributed by atoms with Crippen molar-refractivity contribution in [3.05, 3.63) is 64.2 Å². The van der Waals surface area contributed by atoms with Gasteiger partial charge in [0.15, 0.2) is 0 Å². The van der Waals surface area contributed by atoms with Gasteiger partial charge in [-0.1, -0.05) is 29.8 Å². The van der Waals surface area contributed by atoms with E-state index in [1.165, 1.54) is 30.3 Å². The summed E-state index contributed by atoms with van der Waals surface area (Å²) in [5.74, 6) is -3.03. The van der Waals surface area contributed by atoms with Crippen molar-refractivity contribution in [3.8, 4) is 6.07 Å². The number of nitriles is 1. The molecule has 0 heterocycles. The van der Waals surface area contributed by atoms with Crippen LogP contribution in [0.15, 0.2) is 42.5 Å². The molecule has 2 aliphatic rings. The molecule has 2 saturated carbocycles. The van der Waals surface area contributed by atoms with E-state index in [0.29, 0.717) is 12.8 Å². The van der Waals surface area contributed by atoms with Gasteiger partial charge in [0.1, 0.15) is 9.87 Å². The Kier molecular flexibility index (Phi) is 5.80. The molecule has 0 spiro atoms. The van der Waals surface area contributed by atoms with Gasteiger partial charge >= 0.3 is 6.18 Å². The first-order valence-corrected chi connectivity index (χ1v) is 10.9. The number of halogens is 6. The summed E-state index contributed by atoms with van der Waals surface area (Å²) in [4.78, 5) is 25.4. The zero-order valence-electron chi connectivity index (χ0n) is 16.6. The molecule has 2 fully saturated rings. The van der Waals surface area contributed by atoms with E-state index >= 15 is 0 Å². The van der Waals surface area contributed by atoms with Gasteiger partial charge in [0.2, 0.25) is 5.91 Å². The maximum Gasteiger partial charge on any atom is 0.416 e. The molecule has 2 amide bonds. The Morgan fingerprint density at radius 2 is 1.82 bits per heavy atom. The van der Waals surface area contributed by atoms with Crippen LogP contribution in [0.3, 0.4) is 0 Å². The van der Waals surface area contributed by atoms with Crippen LogP contribution in [-0.2, 0) is 11.0 Å². The highest BCUT2D eigenvalue weighted by Gasteiger charge is 2.67. The van der Waals surface area contributed by atoms with Crippen LogP contribution in [0.2, 0.25) is 5.02 Å². The molecule has 4 rings (SSSR count). The Balaban J connectivity index is 1.51. The van der Waals surface area contributed by atoms with Crippen molar-refractivity contribution in [2.24, 2.45) is 5.92 Å². The second-order valence-corrected chi connectivity index (χ2v) is 9.94. The molecular weight excluding hydrogens is 502 g/mol. The minimum atomic E-state index is -4.55. The lowest BCUT2D eigenvalue weighted by molar-refractivity contribution is -0.137. The lowest BCUT2D eigenvalue weighted by Crippen LogP contribution is -2.35. The van der Waals surface area contributed by atoms with Gasteiger partial charge < -0.3 is 10.6 Å². The molecule has 0 aromatic heterocycles. The molecule has 2 aromatic rings. The average molecular weight is 517 g/mol. The standard InChI is InChI=1S/C22H15Cl3F3N3O2/c23-15-5-4-13(9-14(15)18(32)31-20(10-29)6-7-20)30-19(33)17-16(21(17,24)25)11-2-1-3-12(8-11)22(26,27)28/h1-5,8-9,16-17H,6-7H2,(H,30,33)(H,31,32)/t16-,17+/m0/s1. The zero-order chi connectivity index (χ0) is 24.2. The largest absolute Gasteiger partial charge is 0.416 e. The highest BCUT2D eigenvalue weighted by Crippen LogP contribution is 2.65. The first kappa shape index (κ1) is 23.7. The highest BCUT2D eigenvalue weighted by molar-refractivity contribution is 6.53. The molecule has 33 heavy (non-hydrogen) atoms. The number of hydrogen-bond acceptors (Lipinski definition) is 3. The molecule has 11 heteroatoms. The molecule has 2 aliphatic carbocycles. The van der Waals surface area contributed by atoms with Crippen molar-refractivity contribution in [2.75, 3.05) is 5.32 Å². The van der Waals surface area contributed by atoms with E-state index in [-0.39, 0.29) is 21.8 Å². The van der Waals surface area contributed by atoms with Gasteiger partial charge in [0, 0.05) is 11.6 Å². The van der Waals surface area contributed by atoms with Gasteiger partial charge in [0.05, 0.1) is 28.1 Å². The van der Waals surface area contributed by atoms with Crippen molar-refractivity contribution in [3.63, 3.8) is 0 Å². The number of amides is 2. The summed E-state index contributed by atoms with van der Waals surface area (Å²) in [6, 6.07) is 10.7. The van der Waals surface area contributed by atoms with Crippen LogP contribution in [0.1, 0.15) is 40.2 Å². The van der Waals surface area contributed by atoms with Gasteiger partial charge in [-0.15, -0.1) is 23.2 Å². The number of carbonyl (C=O) groups is 2. The predicted octanol–water partition coefficient (Wildman–Crippen LogP) is 5.67. The first-order valence-electron chi connectivity index (χ1n) is 9.77. The van der Waals surface area contributed by atoms with Crippen molar-refractivity contribution in [1.82, 2.24) is 5.32 Å². The number of carbonyl (C=O) groups excluding carboxylic acids is 2. The fourth-order valence-electron chi connectivity index (χ4n) is 3.65. The van der Waals surface area contributed by atoms with E-state index in [1.807, 2.05) is 6.07 Å². The second kappa shape index (κ2) is 8.08. The SMILES string of the molecule is N#CC1(NC(=O)c2cc(NC(=O)[C@H]3[C@H](c4cccc(C(F)(F)F)c4)C3(Cl)Cl)ccc2Cl)CC1. The summed E-state index contributed by atoms with van der Waals surface area (Å²) in [6.07, 6.45) is -3.47. The van der Waals surface area contributed by atoms with Crippen LogP contribution >= 0.6 is 34.8 Å². The Labute approximate surface area is 201 Å². The minimum absolute atomic E-state index is 0.0595. The molecule has 2 atom stereocenters. The van der Waals surface area contributed by atoms with E-state index in [0.717, 1.165) is 12.1 Å². The molecule has 2 aromatic carbocycles. The fourth-order valence-corrected chi connectivity index (χ4v) is 4.68. The number of anilines is 1. The smallest absolute Gasteiger partial charge is 0.334 e. The number of nitrogens with one attached hydrogen (secondary N) is 2. The maximum atomic E-state index is 13.0. The van der Waals surface area contributed by atoms with E-state index < -0.39 is 45.3 Å². The van der Waals surface area contributed by atoms with Crippen molar-refractivity contribution in [2.45, 2.75) is 34.8 Å². The molecule has 0 saturated heterocycles. The summed E-state index contributed by atoms with van der Waals surface area (Å²) in [5, 5.41) is 14.5. The number of rotatable bonds is 5. The second-order valence-electron chi connectivity index (χ2n) is 8.09. The van der Waals surface area contributed by atoms with Crippen LogP contribution < -0.4 is 10.6 Å². The molecule has 0 aliphatic heterocycles. The van der Waals surface area contributed by atoms with Gasteiger partial charge in [-0.3, -0.25) is 9.59 Å². The molecule has 0 unspecified atom stereocenters. The molecule has 2 N–H and O–H groups in total. The third-order valence-electron chi connectivity index (χ3n) is 5.70. The fraction of sp³-hybridized carbons (Fsp3) is 0.318. The van der Waals surface area contributed by atoms with Crippen LogP contribution in [0.4, 0.5) is 18.9 Å². The maximum absolute atomic E-state index is 13.0. The van der Waals surface area contributed by atoms with E-state index in [1.54, 1.807) is 0 Å². The highest BCUT2D eigenvalue weighted by atomic mass is 35.5. The number of alkyl halides is 5. The first-order chi connectivity index (χ1) is 15.4. The van der Waals surface area contributed by atoms with Gasteiger partial charge in [-0.2, -0.15) is 18.4 Å². The molecule has 172 valence electrons. The van der Waals surface area contributed by atoms with Crippen LogP contribution in [-0.4, -0.2) is 21.7 Å². The average Bonchev–Trinajstić information content (AvgIpc) is 3.63. The van der Waals surface area contributed by atoms with Crippen LogP contribution in [0, 0.1) is 17.2 Å². The quantitative estimate of drug-likeness (QED) is 0.502. The summed E-state index contributed by atoms with van der Waals surface area (Å²) in [5.41, 5.74) is -1.30. The Hall–Kier alpha value is -2.47. The van der Waals surface area contributed by atoms with Gasteiger partial charge in [-0.25, -0.2) is 0 Å². The van der Waals surface area contributed by atoms with Crippen molar-refractivity contribution < 1.29 is 22.8 Å². The summed E-state index contributed by atoms with van der Waals surface area (Å²) >= 11 is 18.6. The number of hydrogen-bond donors (Lipinski definition) is 2. The van der Waals surface area contributed by atoms with Gasteiger partial charge in [-0.05, 0) is 42.7 Å². The van der Waals surface area contributed by atoms with Crippen molar-refractivity contribution in [1.29, 1.82) is 5.26 Å². The normalized spacial score (nSPS) is 22.1.